The van der Waals surface area contributed by atoms with Gasteiger partial charge in [0.25, 0.3) is 0 Å². The molecule has 0 bridgehead atoms. The highest BCUT2D eigenvalue weighted by Crippen LogP contribution is 2.21. The van der Waals surface area contributed by atoms with Crippen LogP contribution in [0.5, 0.6) is 0 Å². The molecule has 1 aliphatic heterocycles. The Morgan fingerprint density at radius 3 is 3.00 bits per heavy atom. The first-order chi connectivity index (χ1) is 6.77. The number of hydrogen-bond acceptors (Lipinski definition) is 5. The van der Waals surface area contributed by atoms with Crippen LogP contribution in [0.3, 0.4) is 0 Å². The van der Waals surface area contributed by atoms with Gasteiger partial charge in [0.05, 0.1) is 19.2 Å². The topological polar surface area (TPSA) is 78.9 Å². The predicted octanol–water partition coefficient (Wildman–Crippen LogP) is -0.221. The molecule has 6 heteroatoms. The number of tetrazole rings is 1. The maximum Gasteiger partial charge on any atom is 0.194 e. The van der Waals surface area contributed by atoms with Crippen molar-refractivity contribution in [2.45, 2.75) is 31.4 Å². The third kappa shape index (κ3) is 1.91. The normalized spacial score (nSPS) is 24.9. The van der Waals surface area contributed by atoms with Gasteiger partial charge in [0.2, 0.25) is 0 Å². The van der Waals surface area contributed by atoms with E-state index in [2.05, 4.69) is 15.4 Å². The first-order valence-electron chi connectivity index (χ1n) is 4.88. The summed E-state index contributed by atoms with van der Waals surface area (Å²) in [6, 6.07) is -0.246. The smallest absolute Gasteiger partial charge is 0.194 e. The molecule has 1 saturated heterocycles. The van der Waals surface area contributed by atoms with Crippen LogP contribution in [-0.2, 0) is 11.8 Å². The van der Waals surface area contributed by atoms with Gasteiger partial charge in [-0.15, -0.1) is 10.2 Å². The summed E-state index contributed by atoms with van der Waals surface area (Å²) in [7, 11) is 1.73. The van der Waals surface area contributed by atoms with Crippen molar-refractivity contribution in [2.24, 2.45) is 12.8 Å². The van der Waals surface area contributed by atoms with Gasteiger partial charge >= 0.3 is 0 Å². The van der Waals surface area contributed by atoms with Gasteiger partial charge in [0.1, 0.15) is 0 Å². The fourth-order valence-electron chi connectivity index (χ4n) is 1.65. The minimum atomic E-state index is -0.246. The zero-order chi connectivity index (χ0) is 9.97. The largest absolute Gasteiger partial charge is 0.376 e. The first-order valence-corrected chi connectivity index (χ1v) is 4.88. The number of aromatic nitrogens is 4. The molecule has 2 heterocycles. The number of aryl methyl sites for hydroxylation is 1. The molecule has 0 saturated carbocycles. The van der Waals surface area contributed by atoms with Gasteiger partial charge in [-0.2, -0.15) is 4.80 Å². The van der Waals surface area contributed by atoms with Crippen molar-refractivity contribution >= 4 is 0 Å². The highest BCUT2D eigenvalue weighted by molar-refractivity contribution is 4.93. The molecule has 1 aliphatic rings. The highest BCUT2D eigenvalue weighted by Gasteiger charge is 2.25. The maximum absolute atomic E-state index is 5.98. The first kappa shape index (κ1) is 9.54. The summed E-state index contributed by atoms with van der Waals surface area (Å²) in [4.78, 5) is 1.41. The minimum Gasteiger partial charge on any atom is -0.376 e. The second-order valence-corrected chi connectivity index (χ2v) is 3.57. The molecule has 0 aliphatic carbocycles. The molecule has 0 aromatic carbocycles. The Morgan fingerprint density at radius 2 is 2.43 bits per heavy atom. The number of nitrogens with zero attached hydrogens (tertiary/aromatic N) is 4. The quantitative estimate of drug-likeness (QED) is 0.709. The molecule has 2 atom stereocenters. The Kier molecular flexibility index (Phi) is 2.74. The fraction of sp³-hybridized carbons (Fsp3) is 0.875. The van der Waals surface area contributed by atoms with Crippen LogP contribution in [0.1, 0.15) is 31.1 Å². The van der Waals surface area contributed by atoms with E-state index in [0.29, 0.717) is 5.82 Å². The molecule has 1 fully saturated rings. The summed E-state index contributed by atoms with van der Waals surface area (Å²) in [5.74, 6) is 0.569. The van der Waals surface area contributed by atoms with Gasteiger partial charge < -0.3 is 10.5 Å². The minimum absolute atomic E-state index is 0.0490. The zero-order valence-electron chi connectivity index (χ0n) is 8.26. The summed E-state index contributed by atoms with van der Waals surface area (Å²) < 4.78 is 5.56. The summed E-state index contributed by atoms with van der Waals surface area (Å²) in [6.45, 7) is 0.790. The molecular weight excluding hydrogens is 182 g/mol. The average molecular weight is 197 g/mol. The lowest BCUT2D eigenvalue weighted by atomic mass is 10.0. The monoisotopic (exact) mass is 197 g/mol. The average Bonchev–Trinajstić information content (AvgIpc) is 2.65. The number of hydrogen-bond donors (Lipinski definition) is 1. The van der Waals surface area contributed by atoms with Gasteiger partial charge in [0.15, 0.2) is 5.82 Å². The van der Waals surface area contributed by atoms with Crippen LogP contribution in [0.2, 0.25) is 0 Å². The summed E-state index contributed by atoms with van der Waals surface area (Å²) in [6.07, 6.45) is 3.32. The van der Waals surface area contributed by atoms with Crippen molar-refractivity contribution in [1.29, 1.82) is 0 Å². The third-order valence-electron chi connectivity index (χ3n) is 2.44. The van der Waals surface area contributed by atoms with E-state index >= 15 is 0 Å². The molecule has 0 radical (unpaired) electrons. The molecule has 0 amide bonds. The van der Waals surface area contributed by atoms with Crippen molar-refractivity contribution < 1.29 is 4.74 Å². The third-order valence-corrected chi connectivity index (χ3v) is 2.44. The number of ether oxygens (including phenoxy) is 1. The number of rotatable bonds is 2. The SMILES string of the molecule is Cn1nnc(C(N)C2CCCCO2)n1. The van der Waals surface area contributed by atoms with Gasteiger partial charge in [-0.1, -0.05) is 0 Å². The second-order valence-electron chi connectivity index (χ2n) is 3.57. The van der Waals surface area contributed by atoms with Crippen LogP contribution in [-0.4, -0.2) is 32.9 Å². The van der Waals surface area contributed by atoms with Crippen LogP contribution in [0.15, 0.2) is 0 Å². The van der Waals surface area contributed by atoms with Crippen molar-refractivity contribution in [1.82, 2.24) is 20.2 Å². The standard InChI is InChI=1S/C8H15N5O/c1-13-11-8(10-12-13)7(9)6-4-2-3-5-14-6/h6-7H,2-5,9H2,1H3. The van der Waals surface area contributed by atoms with Crippen molar-refractivity contribution in [3.05, 3.63) is 5.82 Å². The zero-order valence-corrected chi connectivity index (χ0v) is 8.26. The Morgan fingerprint density at radius 1 is 1.57 bits per heavy atom. The van der Waals surface area contributed by atoms with Crippen molar-refractivity contribution in [2.75, 3.05) is 6.61 Å². The lowest BCUT2D eigenvalue weighted by Crippen LogP contribution is -2.32. The molecular formula is C8H15N5O. The molecule has 6 nitrogen and oxygen atoms in total. The Hall–Kier alpha value is -1.01. The van der Waals surface area contributed by atoms with E-state index in [1.807, 2.05) is 0 Å². The second kappa shape index (κ2) is 4.02. The van der Waals surface area contributed by atoms with Crippen molar-refractivity contribution in [3.8, 4) is 0 Å². The molecule has 1 aromatic heterocycles. The van der Waals surface area contributed by atoms with Gasteiger partial charge in [0, 0.05) is 6.61 Å². The van der Waals surface area contributed by atoms with Gasteiger partial charge in [-0.25, -0.2) is 0 Å². The lowest BCUT2D eigenvalue weighted by molar-refractivity contribution is -0.00165. The lowest BCUT2D eigenvalue weighted by Gasteiger charge is -2.25. The number of nitrogens with two attached hydrogens (primary N) is 1. The van der Waals surface area contributed by atoms with E-state index in [1.165, 1.54) is 11.2 Å². The van der Waals surface area contributed by atoms with E-state index in [-0.39, 0.29) is 12.1 Å². The maximum atomic E-state index is 5.98. The van der Waals surface area contributed by atoms with E-state index in [0.717, 1.165) is 19.4 Å². The Bertz CT molecular complexity index is 294. The highest BCUT2D eigenvalue weighted by atomic mass is 16.5. The van der Waals surface area contributed by atoms with Crippen molar-refractivity contribution in [3.63, 3.8) is 0 Å². The summed E-state index contributed by atoms with van der Waals surface area (Å²) in [5.41, 5.74) is 5.98. The van der Waals surface area contributed by atoms with Crippen LogP contribution in [0.4, 0.5) is 0 Å². The molecule has 2 N–H and O–H groups in total. The van der Waals surface area contributed by atoms with E-state index < -0.39 is 0 Å². The molecule has 0 spiro atoms. The fourth-order valence-corrected chi connectivity index (χ4v) is 1.65. The van der Waals surface area contributed by atoms with Crippen LogP contribution in [0.25, 0.3) is 0 Å². The molecule has 1 aromatic rings. The van der Waals surface area contributed by atoms with Crippen LogP contribution < -0.4 is 5.73 Å². The van der Waals surface area contributed by atoms with E-state index in [4.69, 9.17) is 10.5 Å². The summed E-state index contributed by atoms with van der Waals surface area (Å²) >= 11 is 0. The van der Waals surface area contributed by atoms with E-state index in [1.54, 1.807) is 7.05 Å². The molecule has 78 valence electrons. The van der Waals surface area contributed by atoms with Crippen LogP contribution in [0, 0.1) is 0 Å². The molecule has 14 heavy (non-hydrogen) atoms. The Labute approximate surface area is 82.4 Å². The molecule has 2 rings (SSSR count). The van der Waals surface area contributed by atoms with Gasteiger partial charge in [-0.3, -0.25) is 0 Å². The molecule has 2 unspecified atom stereocenters. The summed E-state index contributed by atoms with van der Waals surface area (Å²) in [5, 5.41) is 11.7. The predicted molar refractivity (Wildman–Crippen MR) is 49.3 cm³/mol. The van der Waals surface area contributed by atoms with Crippen LogP contribution >= 0.6 is 0 Å². The Balaban J connectivity index is 2.03. The van der Waals surface area contributed by atoms with Gasteiger partial charge in [-0.05, 0) is 24.5 Å². The van der Waals surface area contributed by atoms with E-state index in [9.17, 15) is 0 Å².